The van der Waals surface area contributed by atoms with Crippen LogP contribution < -0.4 is 0 Å². The molecule has 2 nitrogen and oxygen atoms in total. The van der Waals surface area contributed by atoms with Crippen molar-refractivity contribution in [3.8, 4) is 0 Å². The molecular weight excluding hydrogens is 467 g/mol. The standard InChI is InChI=1S/C9H8BrClO.C8H6BrClO/c1-12-5-4-7-2-3-8(10)9(11)6-7;9-7-2-1-6(3-4-11)5-8(7)10/h2-6H,1H3;1-2,4-5H,3H2/b5-4+;. The second kappa shape index (κ2) is 10.9. The normalized spacial score (nSPS) is 10.1. The Bertz CT molecular complexity index is 688. The first-order chi connectivity index (χ1) is 11.0. The van der Waals surface area contributed by atoms with Gasteiger partial charge in [0.1, 0.15) is 6.29 Å². The van der Waals surface area contributed by atoms with Crippen LogP contribution in [0.25, 0.3) is 6.08 Å². The number of halogens is 4. The van der Waals surface area contributed by atoms with Crippen molar-refractivity contribution in [2.24, 2.45) is 0 Å². The molecule has 0 saturated carbocycles. The summed E-state index contributed by atoms with van der Waals surface area (Å²) in [6.45, 7) is 0. The minimum atomic E-state index is 0.424. The third-order valence-corrected chi connectivity index (χ3v) is 5.11. The molecular formula is C17H14Br2Cl2O2. The zero-order chi connectivity index (χ0) is 17.2. The quantitative estimate of drug-likeness (QED) is 0.365. The molecule has 0 heterocycles. The second-order valence-electron chi connectivity index (χ2n) is 4.33. The van der Waals surface area contributed by atoms with Crippen LogP contribution >= 0.6 is 55.1 Å². The Morgan fingerprint density at radius 3 is 2.17 bits per heavy atom. The smallest absolute Gasteiger partial charge is 0.124 e. The van der Waals surface area contributed by atoms with Gasteiger partial charge in [-0.2, -0.15) is 0 Å². The van der Waals surface area contributed by atoms with Crippen LogP contribution in [0.2, 0.25) is 10.0 Å². The van der Waals surface area contributed by atoms with E-state index >= 15 is 0 Å². The summed E-state index contributed by atoms with van der Waals surface area (Å²) in [5.74, 6) is 0. The summed E-state index contributed by atoms with van der Waals surface area (Å²) >= 11 is 18.2. The minimum Gasteiger partial charge on any atom is -0.504 e. The monoisotopic (exact) mass is 478 g/mol. The Labute approximate surface area is 162 Å². The van der Waals surface area contributed by atoms with Crippen LogP contribution in [0.3, 0.4) is 0 Å². The van der Waals surface area contributed by atoms with Crippen molar-refractivity contribution in [3.63, 3.8) is 0 Å². The van der Waals surface area contributed by atoms with Gasteiger partial charge < -0.3 is 9.53 Å². The van der Waals surface area contributed by atoms with E-state index in [2.05, 4.69) is 31.9 Å². The summed E-state index contributed by atoms with van der Waals surface area (Å²) in [7, 11) is 1.61. The van der Waals surface area contributed by atoms with E-state index in [1.165, 1.54) is 0 Å². The van der Waals surface area contributed by atoms with Gasteiger partial charge >= 0.3 is 0 Å². The molecule has 2 aromatic rings. The lowest BCUT2D eigenvalue weighted by Gasteiger charge is -1.97. The molecule has 0 aliphatic rings. The summed E-state index contributed by atoms with van der Waals surface area (Å²) in [4.78, 5) is 10.1. The van der Waals surface area contributed by atoms with Gasteiger partial charge in [0.15, 0.2) is 0 Å². The van der Waals surface area contributed by atoms with Crippen molar-refractivity contribution < 1.29 is 9.53 Å². The highest BCUT2D eigenvalue weighted by Gasteiger charge is 1.97. The first-order valence-corrected chi connectivity index (χ1v) is 8.84. The molecule has 2 aromatic carbocycles. The molecule has 0 aliphatic heterocycles. The van der Waals surface area contributed by atoms with Crippen molar-refractivity contribution >= 4 is 67.4 Å². The van der Waals surface area contributed by atoms with Crippen LogP contribution in [0.4, 0.5) is 0 Å². The van der Waals surface area contributed by atoms with Gasteiger partial charge in [-0.1, -0.05) is 35.3 Å². The van der Waals surface area contributed by atoms with Crippen LogP contribution in [-0.2, 0) is 16.0 Å². The Morgan fingerprint density at radius 1 is 1.04 bits per heavy atom. The van der Waals surface area contributed by atoms with Gasteiger partial charge in [-0.3, -0.25) is 0 Å². The van der Waals surface area contributed by atoms with Crippen LogP contribution in [0, 0.1) is 0 Å². The maximum absolute atomic E-state index is 10.1. The predicted molar refractivity (Wildman–Crippen MR) is 104 cm³/mol. The number of ether oxygens (including phenoxy) is 1. The van der Waals surface area contributed by atoms with Crippen LogP contribution in [0.1, 0.15) is 11.1 Å². The first kappa shape index (κ1) is 20.2. The van der Waals surface area contributed by atoms with Crippen molar-refractivity contribution in [2.75, 3.05) is 7.11 Å². The van der Waals surface area contributed by atoms with Crippen molar-refractivity contribution in [3.05, 3.63) is 72.8 Å². The molecule has 2 rings (SSSR count). The minimum absolute atomic E-state index is 0.424. The number of rotatable bonds is 4. The third-order valence-electron chi connectivity index (χ3n) is 2.64. The van der Waals surface area contributed by atoms with Gasteiger partial charge in [-0.05, 0) is 73.3 Å². The molecule has 0 N–H and O–H groups in total. The summed E-state index contributed by atoms with van der Waals surface area (Å²) in [5.41, 5.74) is 1.96. The number of benzene rings is 2. The van der Waals surface area contributed by atoms with Gasteiger partial charge in [-0.25, -0.2) is 0 Å². The fourth-order valence-corrected chi connectivity index (χ4v) is 2.41. The summed E-state index contributed by atoms with van der Waals surface area (Å²) in [6, 6.07) is 11.2. The van der Waals surface area contributed by atoms with Crippen molar-refractivity contribution in [2.45, 2.75) is 6.42 Å². The van der Waals surface area contributed by atoms with Gasteiger partial charge in [0.05, 0.1) is 23.4 Å². The van der Waals surface area contributed by atoms with Gasteiger partial charge in [0.2, 0.25) is 0 Å². The number of hydrogen-bond acceptors (Lipinski definition) is 2. The molecule has 0 spiro atoms. The Hall–Kier alpha value is -0.810. The van der Waals surface area contributed by atoms with Crippen LogP contribution in [-0.4, -0.2) is 13.4 Å². The highest BCUT2D eigenvalue weighted by molar-refractivity contribution is 9.10. The molecule has 0 fully saturated rings. The van der Waals surface area contributed by atoms with Gasteiger partial charge in [0, 0.05) is 15.4 Å². The third kappa shape index (κ3) is 7.53. The fourth-order valence-electron chi connectivity index (χ4n) is 1.53. The number of methoxy groups -OCH3 is 1. The molecule has 23 heavy (non-hydrogen) atoms. The number of carbonyl (C=O) groups is 1. The Morgan fingerprint density at radius 2 is 1.65 bits per heavy atom. The first-order valence-electron chi connectivity index (χ1n) is 6.50. The molecule has 0 unspecified atom stereocenters. The van der Waals surface area contributed by atoms with E-state index < -0.39 is 0 Å². The van der Waals surface area contributed by atoms with E-state index in [0.717, 1.165) is 26.4 Å². The van der Waals surface area contributed by atoms with E-state index in [1.807, 2.05) is 36.4 Å². The molecule has 0 radical (unpaired) electrons. The van der Waals surface area contributed by atoms with E-state index in [1.54, 1.807) is 19.4 Å². The molecule has 122 valence electrons. The van der Waals surface area contributed by atoms with Crippen LogP contribution in [0.5, 0.6) is 0 Å². The van der Waals surface area contributed by atoms with Gasteiger partial charge in [-0.15, -0.1) is 0 Å². The zero-order valence-electron chi connectivity index (χ0n) is 12.2. The Kier molecular flexibility index (Phi) is 9.56. The topological polar surface area (TPSA) is 26.3 Å². The predicted octanol–water partition coefficient (Wildman–Crippen LogP) is 6.56. The number of carbonyl (C=O) groups excluding carboxylic acids is 1. The maximum atomic E-state index is 10.1. The summed E-state index contributed by atoms with van der Waals surface area (Å²) < 4.78 is 6.54. The maximum Gasteiger partial charge on any atom is 0.124 e. The number of hydrogen-bond donors (Lipinski definition) is 0. The fraction of sp³-hybridized carbons (Fsp3) is 0.118. The highest BCUT2D eigenvalue weighted by Crippen LogP contribution is 2.24. The van der Waals surface area contributed by atoms with E-state index in [-0.39, 0.29) is 0 Å². The van der Waals surface area contributed by atoms with E-state index in [4.69, 9.17) is 27.9 Å². The molecule has 0 aliphatic carbocycles. The van der Waals surface area contributed by atoms with E-state index in [9.17, 15) is 4.79 Å². The lowest BCUT2D eigenvalue weighted by molar-refractivity contribution is -0.107. The SMILES string of the molecule is CO/C=C/c1ccc(Br)c(Cl)c1.O=CCc1ccc(Br)c(Cl)c1. The lowest BCUT2D eigenvalue weighted by Crippen LogP contribution is -1.84. The van der Waals surface area contributed by atoms with Crippen molar-refractivity contribution in [1.82, 2.24) is 0 Å². The molecule has 0 saturated heterocycles. The average molecular weight is 481 g/mol. The average Bonchev–Trinajstić information content (AvgIpc) is 2.53. The second-order valence-corrected chi connectivity index (χ2v) is 6.85. The van der Waals surface area contributed by atoms with Crippen molar-refractivity contribution in [1.29, 1.82) is 0 Å². The highest BCUT2D eigenvalue weighted by atomic mass is 79.9. The molecule has 6 heteroatoms. The van der Waals surface area contributed by atoms with Crippen LogP contribution in [0.15, 0.2) is 51.6 Å². The molecule has 0 aromatic heterocycles. The number of aldehydes is 1. The Balaban J connectivity index is 0.000000231. The molecule has 0 amide bonds. The lowest BCUT2D eigenvalue weighted by atomic mass is 10.2. The summed E-state index contributed by atoms with van der Waals surface area (Å²) in [5, 5.41) is 1.35. The summed E-state index contributed by atoms with van der Waals surface area (Å²) in [6.07, 6.45) is 4.74. The van der Waals surface area contributed by atoms with Gasteiger partial charge in [0.25, 0.3) is 0 Å². The molecule has 0 bridgehead atoms. The zero-order valence-corrected chi connectivity index (χ0v) is 16.9. The van der Waals surface area contributed by atoms with E-state index in [0.29, 0.717) is 16.5 Å². The molecule has 0 atom stereocenters. The largest absolute Gasteiger partial charge is 0.504 e.